The molecule has 0 aliphatic rings. The highest BCUT2D eigenvalue weighted by molar-refractivity contribution is 7.92. The fourth-order valence-corrected chi connectivity index (χ4v) is 2.52. The van der Waals surface area contributed by atoms with E-state index in [2.05, 4.69) is 4.72 Å². The molecule has 0 aromatic heterocycles. The molecule has 7 nitrogen and oxygen atoms in total. The Balaban J connectivity index is 0.00000312. The molecule has 0 amide bonds. The third-order valence-electron chi connectivity index (χ3n) is 3.07. The van der Waals surface area contributed by atoms with Crippen LogP contribution >= 0.6 is 12.4 Å². The second-order valence-electron chi connectivity index (χ2n) is 4.99. The second kappa shape index (κ2) is 8.70. The lowest BCUT2D eigenvalue weighted by molar-refractivity contribution is 0.100. The van der Waals surface area contributed by atoms with Crippen LogP contribution in [0, 0.1) is 0 Å². The maximum Gasteiger partial charge on any atom is 0.229 e. The molecule has 2 rings (SSSR count). The minimum absolute atomic E-state index is 0. The number of carbonyl (C=O) groups excluding carboxylic acids is 1. The third kappa shape index (κ3) is 5.93. The van der Waals surface area contributed by atoms with Gasteiger partial charge in [-0.3, -0.25) is 9.52 Å². The van der Waals surface area contributed by atoms with E-state index in [4.69, 9.17) is 15.2 Å². The smallest absolute Gasteiger partial charge is 0.229 e. The van der Waals surface area contributed by atoms with Gasteiger partial charge in [0.15, 0.2) is 11.5 Å². The molecule has 0 aliphatic heterocycles. The molecule has 0 aliphatic carbocycles. The summed E-state index contributed by atoms with van der Waals surface area (Å²) < 4.78 is 36.2. The number of hydrogen-bond acceptors (Lipinski definition) is 6. The number of nitrogens with one attached hydrogen (secondary N) is 1. The number of sulfonamides is 1. The highest BCUT2D eigenvalue weighted by Gasteiger charge is 2.12. The SMILES string of the molecule is COc1ccc(Oc2ccc(C(=O)CN)cc2)c(NS(C)(=O)=O)c1.Cl. The van der Waals surface area contributed by atoms with Gasteiger partial charge in [0, 0.05) is 11.6 Å². The van der Waals surface area contributed by atoms with Crippen molar-refractivity contribution in [2.45, 2.75) is 0 Å². The van der Waals surface area contributed by atoms with Crippen LogP contribution in [0.25, 0.3) is 0 Å². The fraction of sp³-hybridized carbons (Fsp3) is 0.188. The number of nitrogens with two attached hydrogens (primary N) is 1. The van der Waals surface area contributed by atoms with Gasteiger partial charge in [-0.2, -0.15) is 0 Å². The van der Waals surface area contributed by atoms with E-state index in [1.54, 1.807) is 36.4 Å². The molecule has 25 heavy (non-hydrogen) atoms. The number of ether oxygens (including phenoxy) is 2. The molecule has 0 fully saturated rings. The lowest BCUT2D eigenvalue weighted by atomic mass is 10.1. The van der Waals surface area contributed by atoms with Crippen molar-refractivity contribution in [2.75, 3.05) is 24.6 Å². The van der Waals surface area contributed by atoms with E-state index in [1.165, 1.54) is 13.2 Å². The van der Waals surface area contributed by atoms with Gasteiger partial charge in [-0.1, -0.05) is 0 Å². The van der Waals surface area contributed by atoms with Crippen LogP contribution in [0.1, 0.15) is 10.4 Å². The average Bonchev–Trinajstić information content (AvgIpc) is 2.55. The molecule has 136 valence electrons. The van der Waals surface area contributed by atoms with Crippen LogP contribution < -0.4 is 19.9 Å². The van der Waals surface area contributed by atoms with E-state index >= 15 is 0 Å². The summed E-state index contributed by atoms with van der Waals surface area (Å²) in [5.41, 5.74) is 6.04. The molecular weight excluding hydrogens is 368 g/mol. The van der Waals surface area contributed by atoms with Gasteiger partial charge in [-0.05, 0) is 36.4 Å². The summed E-state index contributed by atoms with van der Waals surface area (Å²) in [6.45, 7) is -0.0683. The predicted molar refractivity (Wildman–Crippen MR) is 98.6 cm³/mol. The first kappa shape index (κ1) is 20.8. The van der Waals surface area contributed by atoms with Crippen molar-refractivity contribution < 1.29 is 22.7 Å². The molecule has 0 spiro atoms. The summed E-state index contributed by atoms with van der Waals surface area (Å²) in [7, 11) is -2.00. The predicted octanol–water partition coefficient (Wildman–Crippen LogP) is 2.42. The van der Waals surface area contributed by atoms with E-state index in [9.17, 15) is 13.2 Å². The van der Waals surface area contributed by atoms with Gasteiger partial charge in [-0.25, -0.2) is 8.42 Å². The summed E-state index contributed by atoms with van der Waals surface area (Å²) in [6, 6.07) is 11.2. The highest BCUT2D eigenvalue weighted by Crippen LogP contribution is 2.33. The van der Waals surface area contributed by atoms with Crippen LogP contribution in [-0.4, -0.2) is 34.1 Å². The number of benzene rings is 2. The van der Waals surface area contributed by atoms with Crippen molar-refractivity contribution in [1.29, 1.82) is 0 Å². The van der Waals surface area contributed by atoms with Gasteiger partial charge in [0.2, 0.25) is 10.0 Å². The molecule has 2 aromatic rings. The Hall–Kier alpha value is -2.29. The number of carbonyl (C=O) groups is 1. The summed E-state index contributed by atoms with van der Waals surface area (Å²) in [6.07, 6.45) is 1.05. The number of hydrogen-bond donors (Lipinski definition) is 2. The van der Waals surface area contributed by atoms with Crippen LogP contribution in [0.2, 0.25) is 0 Å². The van der Waals surface area contributed by atoms with Crippen LogP contribution in [-0.2, 0) is 10.0 Å². The minimum atomic E-state index is -3.48. The Kier molecular flexibility index (Phi) is 7.22. The zero-order chi connectivity index (χ0) is 17.7. The van der Waals surface area contributed by atoms with Crippen molar-refractivity contribution in [1.82, 2.24) is 0 Å². The van der Waals surface area contributed by atoms with Crippen LogP contribution in [0.4, 0.5) is 5.69 Å². The molecule has 0 unspecified atom stereocenters. The van der Waals surface area contributed by atoms with Crippen molar-refractivity contribution in [2.24, 2.45) is 5.73 Å². The Bertz CT molecular complexity index is 838. The lowest BCUT2D eigenvalue weighted by Gasteiger charge is -2.13. The summed E-state index contributed by atoms with van der Waals surface area (Å²) in [4.78, 5) is 11.5. The van der Waals surface area contributed by atoms with E-state index in [0.717, 1.165) is 6.26 Å². The first-order valence-electron chi connectivity index (χ1n) is 6.99. The van der Waals surface area contributed by atoms with Gasteiger partial charge in [0.25, 0.3) is 0 Å². The molecule has 9 heteroatoms. The number of ketones is 1. The molecule has 0 heterocycles. The standard InChI is InChI=1S/C16H18N2O5S.ClH/c1-22-13-7-8-16(14(9-13)18-24(2,20)21)23-12-5-3-11(4-6-12)15(19)10-17;/h3-9,18H,10,17H2,1-2H3;1H. The topological polar surface area (TPSA) is 108 Å². The molecule has 2 aromatic carbocycles. The summed E-state index contributed by atoms with van der Waals surface area (Å²) >= 11 is 0. The first-order valence-corrected chi connectivity index (χ1v) is 8.88. The minimum Gasteiger partial charge on any atom is -0.497 e. The zero-order valence-electron chi connectivity index (χ0n) is 13.7. The van der Waals surface area contributed by atoms with E-state index in [1.807, 2.05) is 0 Å². The maximum absolute atomic E-state index is 11.5. The Morgan fingerprint density at radius 3 is 2.24 bits per heavy atom. The maximum atomic E-state index is 11.5. The number of methoxy groups -OCH3 is 1. The Morgan fingerprint density at radius 2 is 1.72 bits per heavy atom. The number of anilines is 1. The van der Waals surface area contributed by atoms with Crippen LogP contribution in [0.15, 0.2) is 42.5 Å². The monoisotopic (exact) mass is 386 g/mol. The van der Waals surface area contributed by atoms with E-state index in [0.29, 0.717) is 22.8 Å². The zero-order valence-corrected chi connectivity index (χ0v) is 15.3. The molecule has 0 bridgehead atoms. The molecule has 0 radical (unpaired) electrons. The normalized spacial score (nSPS) is 10.5. The fourth-order valence-electron chi connectivity index (χ4n) is 1.96. The van der Waals surface area contributed by atoms with Crippen molar-refractivity contribution in [3.8, 4) is 17.2 Å². The second-order valence-corrected chi connectivity index (χ2v) is 6.74. The average molecular weight is 387 g/mol. The van der Waals surface area contributed by atoms with Crippen molar-refractivity contribution in [3.05, 3.63) is 48.0 Å². The van der Waals surface area contributed by atoms with Gasteiger partial charge in [-0.15, -0.1) is 12.4 Å². The van der Waals surface area contributed by atoms with Gasteiger partial charge in [0.05, 0.1) is 25.6 Å². The van der Waals surface area contributed by atoms with E-state index < -0.39 is 10.0 Å². The Labute approximate surface area is 152 Å². The van der Waals surface area contributed by atoms with Crippen LogP contribution in [0.5, 0.6) is 17.2 Å². The summed E-state index contributed by atoms with van der Waals surface area (Å²) in [5.74, 6) is 1.06. The van der Waals surface area contributed by atoms with Gasteiger partial charge < -0.3 is 15.2 Å². The Morgan fingerprint density at radius 1 is 1.12 bits per heavy atom. The lowest BCUT2D eigenvalue weighted by Crippen LogP contribution is -2.13. The summed E-state index contributed by atoms with van der Waals surface area (Å²) in [5, 5.41) is 0. The largest absolute Gasteiger partial charge is 0.497 e. The highest BCUT2D eigenvalue weighted by atomic mass is 35.5. The van der Waals surface area contributed by atoms with Crippen molar-refractivity contribution >= 4 is 33.9 Å². The molecule has 3 N–H and O–H groups in total. The third-order valence-corrected chi connectivity index (χ3v) is 3.66. The number of rotatable bonds is 7. The van der Waals surface area contributed by atoms with Crippen molar-refractivity contribution in [3.63, 3.8) is 0 Å². The van der Waals surface area contributed by atoms with Gasteiger partial charge >= 0.3 is 0 Å². The first-order chi connectivity index (χ1) is 11.3. The molecular formula is C16H19ClN2O5S. The molecule has 0 atom stereocenters. The molecule has 0 saturated heterocycles. The number of Topliss-reactive ketones (excluding diaryl/α,β-unsaturated/α-hetero) is 1. The van der Waals surface area contributed by atoms with Crippen LogP contribution in [0.3, 0.4) is 0 Å². The quantitative estimate of drug-likeness (QED) is 0.707. The van der Waals surface area contributed by atoms with Gasteiger partial charge in [0.1, 0.15) is 11.5 Å². The number of halogens is 1. The molecule has 0 saturated carbocycles. The van der Waals surface area contributed by atoms with E-state index in [-0.39, 0.29) is 30.4 Å².